The number of aliphatic hydroxyl groups is 2. The number of sulfonamides is 2. The number of benzene rings is 1. The fraction of sp³-hybridized carbons (Fsp3) is 0.400. The summed E-state index contributed by atoms with van der Waals surface area (Å²) in [5.74, 6) is 0. The molecular weight excluding hydrogens is 510 g/mol. The Morgan fingerprint density at radius 3 is 1.73 bits per heavy atom. The Morgan fingerprint density at radius 1 is 0.939 bits per heavy atom. The molecule has 18 heteroatoms. The van der Waals surface area contributed by atoms with E-state index in [0.717, 1.165) is 6.54 Å². The smallest absolute Gasteiger partial charge is 0.394 e. The quantitative estimate of drug-likeness (QED) is 0.307. The molecule has 1 heterocycles. The van der Waals surface area contributed by atoms with Gasteiger partial charge in [-0.05, 0) is 5.56 Å². The second-order valence-electron chi connectivity index (χ2n) is 6.09. The topological polar surface area (TPSA) is 170 Å². The van der Waals surface area contributed by atoms with E-state index in [1.54, 1.807) is 0 Å². The Kier molecular flexibility index (Phi) is 11.4. The second kappa shape index (κ2) is 12.3. The number of hydrogen-bond donors (Lipinski definition) is 4. The Balaban J connectivity index is 0.000000539. The van der Waals surface area contributed by atoms with E-state index < -0.39 is 37.2 Å². The first-order chi connectivity index (χ1) is 14.8. The van der Waals surface area contributed by atoms with Gasteiger partial charge in [0, 0.05) is 0 Å². The van der Waals surface area contributed by atoms with Crippen LogP contribution in [0.2, 0.25) is 0 Å². The van der Waals surface area contributed by atoms with E-state index in [1.165, 1.54) is 5.56 Å². The Hall–Kier alpha value is -2.25. The molecule has 1 aromatic heterocycles. The predicted molar refractivity (Wildman–Crippen MR) is 102 cm³/mol. The van der Waals surface area contributed by atoms with Crippen molar-refractivity contribution in [1.82, 2.24) is 4.57 Å². The second-order valence-corrected chi connectivity index (χ2v) is 9.19. The van der Waals surface area contributed by atoms with E-state index in [9.17, 15) is 48.3 Å². The molecule has 0 aliphatic heterocycles. The van der Waals surface area contributed by atoms with Crippen LogP contribution in [0.15, 0.2) is 49.1 Å². The highest BCUT2D eigenvalue weighted by molar-refractivity contribution is 7.90. The molecule has 2 aromatic rings. The molecule has 6 N–H and O–H groups in total. The third-order valence-corrected chi connectivity index (χ3v) is 4.52. The van der Waals surface area contributed by atoms with E-state index in [-0.39, 0.29) is 6.61 Å². The Morgan fingerprint density at radius 2 is 1.36 bits per heavy atom. The first kappa shape index (κ1) is 30.8. The summed E-state index contributed by atoms with van der Waals surface area (Å²) in [6.45, 7) is 1.01. The van der Waals surface area contributed by atoms with Crippen molar-refractivity contribution in [2.75, 3.05) is 6.61 Å². The zero-order valence-electron chi connectivity index (χ0n) is 16.5. The van der Waals surface area contributed by atoms with Gasteiger partial charge in [0.25, 0.3) is 0 Å². The molecule has 0 radical (unpaired) electrons. The van der Waals surface area contributed by atoms with Gasteiger partial charge in [-0.15, -0.1) is 0 Å². The zero-order valence-corrected chi connectivity index (χ0v) is 18.1. The van der Waals surface area contributed by atoms with Gasteiger partial charge in [0.15, 0.2) is 0 Å². The summed E-state index contributed by atoms with van der Waals surface area (Å²) in [4.78, 5) is 0. The van der Waals surface area contributed by atoms with Crippen LogP contribution in [0, 0.1) is 0 Å². The Labute approximate surface area is 184 Å². The average molecular weight is 531 g/mol. The van der Waals surface area contributed by atoms with E-state index >= 15 is 0 Å². The highest BCUT2D eigenvalue weighted by atomic mass is 32.2. The summed E-state index contributed by atoms with van der Waals surface area (Å²) >= 11 is 0. The summed E-state index contributed by atoms with van der Waals surface area (Å²) in [5, 5.41) is 25.4. The van der Waals surface area contributed by atoms with Crippen molar-refractivity contribution >= 4 is 20.0 Å². The molecule has 0 bridgehead atoms. The first-order valence-electron chi connectivity index (χ1n) is 8.33. The van der Waals surface area contributed by atoms with Crippen molar-refractivity contribution in [3.63, 3.8) is 0 Å². The maximum atomic E-state index is 10.8. The lowest BCUT2D eigenvalue weighted by molar-refractivity contribution is -0.703. The molecule has 0 aliphatic rings. The number of primary sulfonamides is 2. The maximum Gasteiger partial charge on any atom is 0.511 e. The number of halogens is 6. The fourth-order valence-electron chi connectivity index (χ4n) is 1.74. The van der Waals surface area contributed by atoms with Crippen LogP contribution in [0.1, 0.15) is 5.56 Å². The summed E-state index contributed by atoms with van der Waals surface area (Å²) in [7, 11) is -10.7. The van der Waals surface area contributed by atoms with Gasteiger partial charge in [0.2, 0.25) is 6.33 Å². The molecule has 0 saturated carbocycles. The lowest BCUT2D eigenvalue weighted by Gasteiger charge is -2.02. The largest absolute Gasteiger partial charge is 0.511 e. The van der Waals surface area contributed by atoms with Gasteiger partial charge >= 0.3 is 31.1 Å². The Bertz CT molecular complexity index is 1010. The van der Waals surface area contributed by atoms with Crippen LogP contribution in [0.25, 0.3) is 0 Å². The summed E-state index contributed by atoms with van der Waals surface area (Å²) in [6, 6.07) is 10.2. The number of aliphatic hydroxyl groups excluding tert-OH is 2. The van der Waals surface area contributed by atoms with Crippen molar-refractivity contribution < 1.29 is 58.0 Å². The molecule has 1 unspecified atom stereocenters. The minimum absolute atomic E-state index is 0.211. The molecular formula is C15H21F6N4O6S2+. The van der Waals surface area contributed by atoms with Crippen molar-refractivity contribution in [3.05, 3.63) is 54.6 Å². The number of nitrogens with zero attached hydrogens (tertiary/aromatic N) is 2. The van der Waals surface area contributed by atoms with E-state index in [4.69, 9.17) is 5.11 Å². The van der Waals surface area contributed by atoms with Crippen LogP contribution < -0.4 is 14.8 Å². The molecule has 190 valence electrons. The van der Waals surface area contributed by atoms with Gasteiger partial charge in [-0.25, -0.2) is 36.2 Å². The monoisotopic (exact) mass is 531 g/mol. The number of rotatable bonds is 5. The van der Waals surface area contributed by atoms with Crippen LogP contribution in [-0.2, 0) is 33.1 Å². The number of hydrogen-bond acceptors (Lipinski definition) is 6. The number of aromatic nitrogens is 2. The number of imidazole rings is 1. The minimum atomic E-state index is -5.34. The standard InChI is InChI=1S/C13H17N2O2.2CH2F3NO2S/c16-10-13(17)9-15-7-6-14(11-15)8-12-4-2-1-3-5-12;2*2-1(3,4)8(5,6)7/h1-7,11,13,16-17H,8-10H2;2*(H2,5,6,7)/q+1;;. The maximum absolute atomic E-state index is 10.8. The van der Waals surface area contributed by atoms with Gasteiger partial charge in [-0.1, -0.05) is 30.3 Å². The zero-order chi connectivity index (χ0) is 26.1. The van der Waals surface area contributed by atoms with Gasteiger partial charge < -0.3 is 10.2 Å². The van der Waals surface area contributed by atoms with Gasteiger partial charge in [0.1, 0.15) is 31.6 Å². The molecule has 1 atom stereocenters. The summed E-state index contributed by atoms with van der Waals surface area (Å²) in [5.41, 5.74) is -9.39. The van der Waals surface area contributed by atoms with Gasteiger partial charge in [-0.3, -0.25) is 0 Å². The van der Waals surface area contributed by atoms with E-state index in [1.807, 2.05) is 46.1 Å². The molecule has 2 rings (SSSR count). The minimum Gasteiger partial charge on any atom is -0.394 e. The van der Waals surface area contributed by atoms with Crippen LogP contribution in [-0.4, -0.2) is 55.3 Å². The molecule has 33 heavy (non-hydrogen) atoms. The average Bonchev–Trinajstić information content (AvgIpc) is 3.07. The highest BCUT2D eigenvalue weighted by Gasteiger charge is 2.43. The van der Waals surface area contributed by atoms with Crippen molar-refractivity contribution in [2.24, 2.45) is 10.3 Å². The predicted octanol–water partition coefficient (Wildman–Crippen LogP) is -0.233. The molecule has 0 saturated heterocycles. The first-order valence-corrected chi connectivity index (χ1v) is 11.4. The lowest BCUT2D eigenvalue weighted by atomic mass is 10.2. The summed E-state index contributed by atoms with van der Waals surface area (Å²) < 4.78 is 106. The van der Waals surface area contributed by atoms with Crippen molar-refractivity contribution in [2.45, 2.75) is 30.2 Å². The van der Waals surface area contributed by atoms with Gasteiger partial charge in [-0.2, -0.15) is 26.3 Å². The number of alkyl halides is 6. The molecule has 0 aliphatic carbocycles. The molecule has 0 spiro atoms. The van der Waals surface area contributed by atoms with Crippen molar-refractivity contribution in [3.8, 4) is 0 Å². The summed E-state index contributed by atoms with van der Waals surface area (Å²) in [6.07, 6.45) is 5.07. The molecule has 0 amide bonds. The normalized spacial score (nSPS) is 13.3. The van der Waals surface area contributed by atoms with Crippen LogP contribution in [0.3, 0.4) is 0 Å². The third-order valence-electron chi connectivity index (χ3n) is 3.23. The lowest BCUT2D eigenvalue weighted by Crippen LogP contribution is -2.39. The number of nitrogens with two attached hydrogens (primary N) is 2. The molecule has 0 fully saturated rings. The van der Waals surface area contributed by atoms with Crippen LogP contribution >= 0.6 is 0 Å². The van der Waals surface area contributed by atoms with Crippen LogP contribution in [0.4, 0.5) is 26.3 Å². The third kappa shape index (κ3) is 12.5. The molecule has 10 nitrogen and oxygen atoms in total. The fourth-order valence-corrected chi connectivity index (χ4v) is 1.74. The van der Waals surface area contributed by atoms with E-state index in [2.05, 4.69) is 22.4 Å². The van der Waals surface area contributed by atoms with Gasteiger partial charge in [0.05, 0.1) is 6.61 Å². The van der Waals surface area contributed by atoms with E-state index in [0.29, 0.717) is 6.54 Å². The van der Waals surface area contributed by atoms with Crippen molar-refractivity contribution in [1.29, 1.82) is 0 Å². The molecule has 1 aromatic carbocycles. The SMILES string of the molecule is NS(=O)(=O)C(F)(F)F.NS(=O)(=O)C(F)(F)F.OCC(O)C[n+]1ccn(Cc2ccccc2)c1. The highest BCUT2D eigenvalue weighted by Crippen LogP contribution is 2.19. The van der Waals surface area contributed by atoms with Crippen LogP contribution in [0.5, 0.6) is 0 Å².